The molecule has 1 N–H and O–H groups in total. The normalized spacial score (nSPS) is 11.0. The molecule has 0 aliphatic rings. The van der Waals surface area contributed by atoms with Crippen LogP contribution >= 0.6 is 11.6 Å². The number of carbonyl (C=O) groups is 1. The van der Waals surface area contributed by atoms with Crippen molar-refractivity contribution in [2.45, 2.75) is 13.3 Å². The van der Waals surface area contributed by atoms with Crippen LogP contribution in [0.3, 0.4) is 0 Å². The predicted molar refractivity (Wildman–Crippen MR) is 65.7 cm³/mol. The lowest BCUT2D eigenvalue weighted by molar-refractivity contribution is -0.142. The Balaban J connectivity index is 2.57. The van der Waals surface area contributed by atoms with Crippen molar-refractivity contribution in [2.24, 2.45) is 0 Å². The number of hydrogen-bond acceptors (Lipinski definition) is 6. The van der Waals surface area contributed by atoms with E-state index in [0.29, 0.717) is 0 Å². The zero-order valence-electron chi connectivity index (χ0n) is 9.59. The topological polar surface area (TPSA) is 98.2 Å². The van der Waals surface area contributed by atoms with Gasteiger partial charge in [-0.3, -0.25) is 9.52 Å². The molecule has 1 heterocycles. The van der Waals surface area contributed by atoms with E-state index in [1.54, 1.807) is 6.92 Å². The molecule has 100 valence electrons. The summed E-state index contributed by atoms with van der Waals surface area (Å²) < 4.78 is 29.9. The number of carbonyl (C=O) groups excluding carboxylic acids is 1. The minimum absolute atomic E-state index is 0.119. The van der Waals surface area contributed by atoms with Gasteiger partial charge in [0.05, 0.1) is 18.8 Å². The smallest absolute Gasteiger partial charge is 0.306 e. The third-order valence-electron chi connectivity index (χ3n) is 1.75. The molecular weight excluding hydrogens is 282 g/mol. The highest BCUT2D eigenvalue weighted by atomic mass is 35.5. The van der Waals surface area contributed by atoms with E-state index in [-0.39, 0.29) is 24.1 Å². The van der Waals surface area contributed by atoms with Crippen molar-refractivity contribution in [3.63, 3.8) is 0 Å². The first-order valence-electron chi connectivity index (χ1n) is 5.07. The average Bonchev–Trinajstić information content (AvgIpc) is 2.26. The number of nitrogens with zero attached hydrogens (tertiary/aromatic N) is 2. The molecule has 0 saturated heterocycles. The zero-order chi connectivity index (χ0) is 13.6. The van der Waals surface area contributed by atoms with Crippen LogP contribution in [0.1, 0.15) is 13.3 Å². The Morgan fingerprint density at radius 1 is 1.56 bits per heavy atom. The summed E-state index contributed by atoms with van der Waals surface area (Å²) in [6.45, 7) is 1.86. The monoisotopic (exact) mass is 293 g/mol. The van der Waals surface area contributed by atoms with Crippen LogP contribution in [0.25, 0.3) is 0 Å². The summed E-state index contributed by atoms with van der Waals surface area (Å²) in [4.78, 5) is 18.4. The van der Waals surface area contributed by atoms with Gasteiger partial charge in [0.2, 0.25) is 16.0 Å². The van der Waals surface area contributed by atoms with Crippen molar-refractivity contribution in [3.8, 4) is 0 Å². The molecule has 0 amide bonds. The van der Waals surface area contributed by atoms with E-state index in [1.165, 1.54) is 12.3 Å². The maximum Gasteiger partial charge on any atom is 0.306 e. The van der Waals surface area contributed by atoms with Gasteiger partial charge in [0.25, 0.3) is 0 Å². The van der Waals surface area contributed by atoms with E-state index in [0.717, 1.165) is 0 Å². The SMILES string of the molecule is CCOC(=O)CCS(=O)(=O)Nc1nccc(Cl)n1. The summed E-state index contributed by atoms with van der Waals surface area (Å²) in [6, 6.07) is 1.41. The summed E-state index contributed by atoms with van der Waals surface area (Å²) in [5.74, 6) is -1.11. The maximum absolute atomic E-state index is 11.6. The highest BCUT2D eigenvalue weighted by Gasteiger charge is 2.15. The molecule has 0 saturated carbocycles. The van der Waals surface area contributed by atoms with Crippen molar-refractivity contribution in [1.29, 1.82) is 0 Å². The number of nitrogens with one attached hydrogen (secondary N) is 1. The number of esters is 1. The lowest BCUT2D eigenvalue weighted by atomic mass is 10.5. The minimum Gasteiger partial charge on any atom is -0.466 e. The molecule has 0 aromatic carbocycles. The molecule has 0 bridgehead atoms. The van der Waals surface area contributed by atoms with Gasteiger partial charge in [0.15, 0.2) is 0 Å². The van der Waals surface area contributed by atoms with Crippen molar-refractivity contribution in [1.82, 2.24) is 9.97 Å². The molecule has 0 unspecified atom stereocenters. The van der Waals surface area contributed by atoms with Crippen LogP contribution < -0.4 is 4.72 Å². The van der Waals surface area contributed by atoms with E-state index in [4.69, 9.17) is 11.6 Å². The van der Waals surface area contributed by atoms with E-state index in [1.807, 2.05) is 0 Å². The van der Waals surface area contributed by atoms with Crippen LogP contribution in [-0.2, 0) is 19.6 Å². The Bertz CT molecular complexity index is 520. The zero-order valence-corrected chi connectivity index (χ0v) is 11.2. The van der Waals surface area contributed by atoms with Gasteiger partial charge < -0.3 is 4.74 Å². The van der Waals surface area contributed by atoms with Gasteiger partial charge in [-0.25, -0.2) is 18.4 Å². The average molecular weight is 294 g/mol. The molecule has 0 radical (unpaired) electrons. The van der Waals surface area contributed by atoms with E-state index in [2.05, 4.69) is 19.4 Å². The fourth-order valence-electron chi connectivity index (χ4n) is 1.03. The fourth-order valence-corrected chi connectivity index (χ4v) is 2.08. The first kappa shape index (κ1) is 14.7. The third-order valence-corrected chi connectivity index (χ3v) is 3.19. The summed E-state index contributed by atoms with van der Waals surface area (Å²) in [7, 11) is -3.70. The lowest BCUT2D eigenvalue weighted by Crippen LogP contribution is -2.21. The number of anilines is 1. The quantitative estimate of drug-likeness (QED) is 0.616. The van der Waals surface area contributed by atoms with Crippen LogP contribution in [0.4, 0.5) is 5.95 Å². The second-order valence-corrected chi connectivity index (χ2v) is 5.41. The largest absolute Gasteiger partial charge is 0.466 e. The van der Waals surface area contributed by atoms with E-state index in [9.17, 15) is 13.2 Å². The molecule has 1 aromatic rings. The second kappa shape index (κ2) is 6.50. The lowest BCUT2D eigenvalue weighted by Gasteiger charge is -2.06. The molecule has 18 heavy (non-hydrogen) atoms. The summed E-state index contributed by atoms with van der Waals surface area (Å²) in [5.41, 5.74) is 0. The van der Waals surface area contributed by atoms with Crippen LogP contribution in [0.2, 0.25) is 5.15 Å². The number of sulfonamides is 1. The molecule has 7 nitrogen and oxygen atoms in total. The van der Waals surface area contributed by atoms with Gasteiger partial charge in [0, 0.05) is 6.20 Å². The Hall–Kier alpha value is -1.41. The van der Waals surface area contributed by atoms with Crippen LogP contribution in [0.5, 0.6) is 0 Å². The number of halogens is 1. The number of ether oxygens (including phenoxy) is 1. The highest BCUT2D eigenvalue weighted by Crippen LogP contribution is 2.08. The van der Waals surface area contributed by atoms with Gasteiger partial charge >= 0.3 is 5.97 Å². The molecular formula is C9H12ClN3O4S. The Morgan fingerprint density at radius 2 is 2.28 bits per heavy atom. The van der Waals surface area contributed by atoms with Crippen molar-refractivity contribution in [2.75, 3.05) is 17.1 Å². The molecule has 0 spiro atoms. The molecule has 9 heteroatoms. The number of hydrogen-bond donors (Lipinski definition) is 1. The molecule has 0 atom stereocenters. The van der Waals surface area contributed by atoms with Gasteiger partial charge in [-0.1, -0.05) is 11.6 Å². The third kappa shape index (κ3) is 5.28. The van der Waals surface area contributed by atoms with Gasteiger partial charge in [-0.2, -0.15) is 0 Å². The maximum atomic E-state index is 11.6. The summed E-state index contributed by atoms with van der Waals surface area (Å²) in [5, 5.41) is 0.119. The predicted octanol–water partition coefficient (Wildman–Crippen LogP) is 0.825. The van der Waals surface area contributed by atoms with E-state index < -0.39 is 21.7 Å². The van der Waals surface area contributed by atoms with Crippen LogP contribution in [0.15, 0.2) is 12.3 Å². The molecule has 1 rings (SSSR count). The molecule has 0 aliphatic carbocycles. The van der Waals surface area contributed by atoms with Crippen molar-refractivity contribution >= 4 is 33.5 Å². The molecule has 1 aromatic heterocycles. The number of rotatable bonds is 6. The Morgan fingerprint density at radius 3 is 2.89 bits per heavy atom. The minimum atomic E-state index is -3.70. The van der Waals surface area contributed by atoms with Gasteiger partial charge in [0.1, 0.15) is 5.15 Å². The summed E-state index contributed by atoms with van der Waals surface area (Å²) >= 11 is 5.58. The Labute approximate surface area is 110 Å². The fraction of sp³-hybridized carbons (Fsp3) is 0.444. The van der Waals surface area contributed by atoms with Gasteiger partial charge in [-0.05, 0) is 13.0 Å². The van der Waals surface area contributed by atoms with E-state index >= 15 is 0 Å². The first-order valence-corrected chi connectivity index (χ1v) is 7.10. The van der Waals surface area contributed by atoms with Crippen LogP contribution in [-0.4, -0.2) is 36.7 Å². The standard InChI is InChI=1S/C9H12ClN3O4S/c1-2-17-8(14)4-6-18(15,16)13-9-11-5-3-7(10)12-9/h3,5H,2,4,6H2,1H3,(H,11,12,13). The molecule has 0 fully saturated rings. The van der Waals surface area contributed by atoms with Gasteiger partial charge in [-0.15, -0.1) is 0 Å². The Kier molecular flexibility index (Phi) is 5.29. The number of aromatic nitrogens is 2. The van der Waals surface area contributed by atoms with Crippen molar-refractivity contribution < 1.29 is 17.9 Å². The molecule has 0 aliphatic heterocycles. The first-order chi connectivity index (χ1) is 8.43. The second-order valence-electron chi connectivity index (χ2n) is 3.18. The van der Waals surface area contributed by atoms with Crippen LogP contribution in [0, 0.1) is 0 Å². The highest BCUT2D eigenvalue weighted by molar-refractivity contribution is 7.92. The van der Waals surface area contributed by atoms with Crippen molar-refractivity contribution in [3.05, 3.63) is 17.4 Å². The summed E-state index contributed by atoms with van der Waals surface area (Å²) in [6.07, 6.45) is 1.09.